The van der Waals surface area contributed by atoms with Gasteiger partial charge in [0.15, 0.2) is 11.5 Å². The van der Waals surface area contributed by atoms with Gasteiger partial charge in [-0.3, -0.25) is 9.36 Å². The molecule has 1 amide bonds. The van der Waals surface area contributed by atoms with Gasteiger partial charge in [-0.1, -0.05) is 0 Å². The summed E-state index contributed by atoms with van der Waals surface area (Å²) in [5.41, 5.74) is 0.248. The van der Waals surface area contributed by atoms with Crippen LogP contribution in [0.5, 0.6) is 11.5 Å². The molecule has 3 rings (SSSR count). The zero-order chi connectivity index (χ0) is 19.1. The summed E-state index contributed by atoms with van der Waals surface area (Å²) >= 11 is 0. The standard InChI is InChI=1S/C19H21N5O3/c1-3-26-15-4-6-16(7-5-15)27-13-11-21-19(25)17-8-9-18(23-22-17)24-12-10-20-14(24)2/h4-10,12H,3,11,13H2,1-2H3,(H,21,25). The Labute approximate surface area is 157 Å². The van der Waals surface area contributed by atoms with Gasteiger partial charge in [0, 0.05) is 12.4 Å². The van der Waals surface area contributed by atoms with Crippen LogP contribution in [-0.4, -0.2) is 45.4 Å². The average molecular weight is 367 g/mol. The summed E-state index contributed by atoms with van der Waals surface area (Å²) in [7, 11) is 0. The van der Waals surface area contributed by atoms with Crippen molar-refractivity contribution in [3.05, 3.63) is 60.3 Å². The van der Waals surface area contributed by atoms with E-state index < -0.39 is 0 Å². The monoisotopic (exact) mass is 367 g/mol. The van der Waals surface area contributed by atoms with Crippen LogP contribution in [0.15, 0.2) is 48.8 Å². The third-order valence-electron chi connectivity index (χ3n) is 3.75. The maximum Gasteiger partial charge on any atom is 0.271 e. The Morgan fingerprint density at radius 3 is 2.41 bits per heavy atom. The number of amides is 1. The van der Waals surface area contributed by atoms with Crippen LogP contribution in [0.25, 0.3) is 5.82 Å². The van der Waals surface area contributed by atoms with Gasteiger partial charge < -0.3 is 14.8 Å². The number of imidazole rings is 1. The molecule has 0 spiro atoms. The number of hydrogen-bond donors (Lipinski definition) is 1. The highest BCUT2D eigenvalue weighted by molar-refractivity contribution is 5.92. The Kier molecular flexibility index (Phi) is 5.98. The zero-order valence-corrected chi connectivity index (χ0v) is 15.3. The molecule has 0 saturated carbocycles. The molecule has 0 aliphatic carbocycles. The molecule has 0 radical (unpaired) electrons. The van der Waals surface area contributed by atoms with Crippen molar-refractivity contribution in [1.82, 2.24) is 25.1 Å². The molecule has 2 aromatic heterocycles. The van der Waals surface area contributed by atoms with E-state index >= 15 is 0 Å². The third kappa shape index (κ3) is 4.81. The van der Waals surface area contributed by atoms with E-state index in [9.17, 15) is 4.79 Å². The van der Waals surface area contributed by atoms with Crippen LogP contribution in [0, 0.1) is 6.92 Å². The first kappa shape index (κ1) is 18.4. The number of nitrogens with one attached hydrogen (secondary N) is 1. The van der Waals surface area contributed by atoms with E-state index in [1.165, 1.54) is 0 Å². The Balaban J connectivity index is 1.46. The summed E-state index contributed by atoms with van der Waals surface area (Å²) in [5, 5.41) is 10.8. The van der Waals surface area contributed by atoms with E-state index in [2.05, 4.69) is 20.5 Å². The number of benzene rings is 1. The fourth-order valence-corrected chi connectivity index (χ4v) is 2.42. The second kappa shape index (κ2) is 8.79. The molecule has 140 valence electrons. The second-order valence-corrected chi connectivity index (χ2v) is 5.63. The smallest absolute Gasteiger partial charge is 0.271 e. The molecular weight excluding hydrogens is 346 g/mol. The van der Waals surface area contributed by atoms with Crippen molar-refractivity contribution in [1.29, 1.82) is 0 Å². The average Bonchev–Trinajstić information content (AvgIpc) is 3.12. The van der Waals surface area contributed by atoms with Crippen molar-refractivity contribution in [3.8, 4) is 17.3 Å². The van der Waals surface area contributed by atoms with Crippen molar-refractivity contribution >= 4 is 5.91 Å². The summed E-state index contributed by atoms with van der Waals surface area (Å²) in [6.07, 6.45) is 3.47. The quantitative estimate of drug-likeness (QED) is 0.614. The van der Waals surface area contributed by atoms with E-state index in [-0.39, 0.29) is 11.6 Å². The molecular formula is C19H21N5O3. The minimum absolute atomic E-state index is 0.248. The molecule has 0 unspecified atom stereocenters. The first-order chi connectivity index (χ1) is 13.2. The number of rotatable bonds is 8. The lowest BCUT2D eigenvalue weighted by molar-refractivity contribution is 0.0941. The Morgan fingerprint density at radius 2 is 1.81 bits per heavy atom. The highest BCUT2D eigenvalue weighted by atomic mass is 16.5. The van der Waals surface area contributed by atoms with Crippen LogP contribution in [0.2, 0.25) is 0 Å². The third-order valence-corrected chi connectivity index (χ3v) is 3.75. The van der Waals surface area contributed by atoms with Gasteiger partial charge in [0.25, 0.3) is 5.91 Å². The molecule has 2 heterocycles. The molecule has 3 aromatic rings. The molecule has 8 heteroatoms. The van der Waals surface area contributed by atoms with Crippen LogP contribution in [0.1, 0.15) is 23.2 Å². The summed E-state index contributed by atoms with van der Waals surface area (Å²) < 4.78 is 12.8. The molecule has 1 aromatic carbocycles. The van der Waals surface area contributed by atoms with Crippen molar-refractivity contribution in [2.45, 2.75) is 13.8 Å². The summed E-state index contributed by atoms with van der Waals surface area (Å²) in [6.45, 7) is 5.13. The first-order valence-corrected chi connectivity index (χ1v) is 8.65. The molecule has 0 bridgehead atoms. The van der Waals surface area contributed by atoms with Gasteiger partial charge in [0.05, 0.1) is 13.2 Å². The summed E-state index contributed by atoms with van der Waals surface area (Å²) in [4.78, 5) is 16.3. The highest BCUT2D eigenvalue weighted by Gasteiger charge is 2.09. The van der Waals surface area contributed by atoms with Crippen molar-refractivity contribution in [3.63, 3.8) is 0 Å². The molecule has 1 N–H and O–H groups in total. The molecule has 27 heavy (non-hydrogen) atoms. The molecule has 0 saturated heterocycles. The predicted molar refractivity (Wildman–Crippen MR) is 99.3 cm³/mol. The molecule has 0 aliphatic heterocycles. The van der Waals surface area contributed by atoms with Crippen LogP contribution in [-0.2, 0) is 0 Å². The number of hydrogen-bond acceptors (Lipinski definition) is 6. The first-order valence-electron chi connectivity index (χ1n) is 8.65. The molecule has 8 nitrogen and oxygen atoms in total. The number of ether oxygens (including phenoxy) is 2. The largest absolute Gasteiger partial charge is 0.494 e. The van der Waals surface area contributed by atoms with Crippen LogP contribution in [0.3, 0.4) is 0 Å². The Hall–Kier alpha value is -3.42. The van der Waals surface area contributed by atoms with Crippen LogP contribution in [0.4, 0.5) is 0 Å². The van der Waals surface area contributed by atoms with Gasteiger partial charge in [0.2, 0.25) is 0 Å². The number of nitrogens with zero attached hydrogens (tertiary/aromatic N) is 4. The van der Waals surface area contributed by atoms with Gasteiger partial charge >= 0.3 is 0 Å². The minimum Gasteiger partial charge on any atom is -0.494 e. The van der Waals surface area contributed by atoms with Crippen LogP contribution < -0.4 is 14.8 Å². The lowest BCUT2D eigenvalue weighted by atomic mass is 10.3. The SMILES string of the molecule is CCOc1ccc(OCCNC(=O)c2ccc(-n3ccnc3C)nn2)cc1. The number of aryl methyl sites for hydroxylation is 1. The molecule has 0 atom stereocenters. The maximum atomic E-state index is 12.1. The molecule has 0 aliphatic rings. The van der Waals surface area contributed by atoms with E-state index in [1.807, 2.05) is 38.1 Å². The van der Waals surface area contributed by atoms with E-state index in [1.54, 1.807) is 29.1 Å². The number of carbonyl (C=O) groups excluding carboxylic acids is 1. The maximum absolute atomic E-state index is 12.1. The van der Waals surface area contributed by atoms with E-state index in [4.69, 9.17) is 9.47 Å². The topological polar surface area (TPSA) is 91.2 Å². The van der Waals surface area contributed by atoms with Crippen LogP contribution >= 0.6 is 0 Å². The fraction of sp³-hybridized carbons (Fsp3) is 0.263. The summed E-state index contributed by atoms with van der Waals surface area (Å²) in [5.74, 6) is 2.62. The highest BCUT2D eigenvalue weighted by Crippen LogP contribution is 2.17. The predicted octanol–water partition coefficient (Wildman–Crippen LogP) is 2.18. The lowest BCUT2D eigenvalue weighted by Crippen LogP contribution is -2.29. The zero-order valence-electron chi connectivity index (χ0n) is 15.3. The van der Waals surface area contributed by atoms with Gasteiger partial charge in [-0.05, 0) is 50.2 Å². The lowest BCUT2D eigenvalue weighted by Gasteiger charge is -2.09. The second-order valence-electron chi connectivity index (χ2n) is 5.63. The van der Waals surface area contributed by atoms with E-state index in [0.29, 0.717) is 31.3 Å². The van der Waals surface area contributed by atoms with Gasteiger partial charge in [0.1, 0.15) is 23.9 Å². The fourth-order valence-electron chi connectivity index (χ4n) is 2.42. The minimum atomic E-state index is -0.299. The van der Waals surface area contributed by atoms with Gasteiger partial charge in [-0.25, -0.2) is 4.98 Å². The Bertz CT molecular complexity index is 875. The molecule has 0 fully saturated rings. The van der Waals surface area contributed by atoms with Gasteiger partial charge in [-0.15, -0.1) is 10.2 Å². The number of aromatic nitrogens is 4. The van der Waals surface area contributed by atoms with Crippen molar-refractivity contribution in [2.75, 3.05) is 19.8 Å². The van der Waals surface area contributed by atoms with Crippen molar-refractivity contribution in [2.24, 2.45) is 0 Å². The Morgan fingerprint density at radius 1 is 1.07 bits per heavy atom. The van der Waals surface area contributed by atoms with Crippen molar-refractivity contribution < 1.29 is 14.3 Å². The van der Waals surface area contributed by atoms with Gasteiger partial charge in [-0.2, -0.15) is 0 Å². The normalized spacial score (nSPS) is 10.4. The summed E-state index contributed by atoms with van der Waals surface area (Å²) in [6, 6.07) is 10.7. The van der Waals surface area contributed by atoms with E-state index in [0.717, 1.165) is 11.6 Å². The number of carbonyl (C=O) groups is 1.